The number of benzene rings is 2. The minimum Gasteiger partial charge on any atom is -0.488 e. The van der Waals surface area contributed by atoms with Crippen LogP contribution in [0.25, 0.3) is 11.0 Å². The van der Waals surface area contributed by atoms with Crippen molar-refractivity contribution in [3.8, 4) is 5.75 Å². The first-order valence-corrected chi connectivity index (χ1v) is 9.53. The van der Waals surface area contributed by atoms with Gasteiger partial charge >= 0.3 is 5.63 Å². The lowest BCUT2D eigenvalue weighted by molar-refractivity contribution is -0.232. The van der Waals surface area contributed by atoms with Crippen LogP contribution in [0, 0.1) is 0 Å². The van der Waals surface area contributed by atoms with Gasteiger partial charge in [-0.25, -0.2) is 4.79 Å². The molecule has 4 N–H and O–H groups in total. The van der Waals surface area contributed by atoms with Crippen LogP contribution in [0.4, 0.5) is 0 Å². The topological polar surface area (TPSA) is 130 Å². The van der Waals surface area contributed by atoms with E-state index in [9.17, 15) is 25.2 Å². The van der Waals surface area contributed by atoms with E-state index >= 15 is 0 Å². The van der Waals surface area contributed by atoms with Crippen LogP contribution in [-0.2, 0) is 11.3 Å². The quantitative estimate of drug-likeness (QED) is 0.453. The van der Waals surface area contributed by atoms with Crippen molar-refractivity contribution in [1.29, 1.82) is 0 Å². The van der Waals surface area contributed by atoms with E-state index in [2.05, 4.69) is 0 Å². The Balaban J connectivity index is 1.76. The summed E-state index contributed by atoms with van der Waals surface area (Å²) in [5, 5.41) is 40.9. The molecule has 2 heterocycles. The van der Waals surface area contributed by atoms with E-state index in [0.29, 0.717) is 16.5 Å². The van der Waals surface area contributed by atoms with Crippen molar-refractivity contribution in [3.05, 3.63) is 76.1 Å². The lowest BCUT2D eigenvalue weighted by Gasteiger charge is -2.40. The van der Waals surface area contributed by atoms with E-state index in [0.717, 1.165) is 5.56 Å². The lowest BCUT2D eigenvalue weighted by atomic mass is 9.90. The minimum absolute atomic E-state index is 0.202. The first-order chi connectivity index (χ1) is 14.5. The molecule has 0 aliphatic carbocycles. The number of hydrogen-bond acceptors (Lipinski definition) is 8. The van der Waals surface area contributed by atoms with Gasteiger partial charge in [-0.1, -0.05) is 30.3 Å². The molecule has 8 heteroatoms. The van der Waals surface area contributed by atoms with Crippen molar-refractivity contribution >= 4 is 11.0 Å². The average Bonchev–Trinajstić information content (AvgIpc) is 2.76. The molecule has 30 heavy (non-hydrogen) atoms. The van der Waals surface area contributed by atoms with E-state index in [1.165, 1.54) is 12.1 Å². The largest absolute Gasteiger partial charge is 0.488 e. The molecular formula is C22H22O8. The van der Waals surface area contributed by atoms with Gasteiger partial charge in [0.25, 0.3) is 0 Å². The number of ether oxygens (including phenoxy) is 2. The van der Waals surface area contributed by atoms with Gasteiger partial charge in [-0.05, 0) is 17.7 Å². The van der Waals surface area contributed by atoms with Crippen molar-refractivity contribution in [2.75, 3.05) is 6.61 Å². The molecule has 1 aliphatic rings. The van der Waals surface area contributed by atoms with Crippen LogP contribution in [0.15, 0.2) is 63.8 Å². The standard InChI is InChI=1S/C22H22O8/c23-10-17-19(25)20(26)21(27)22(30-17)14-8-13-6-7-18(24)29-15(13)9-16(14)28-11-12-4-2-1-3-5-12/h1-9,17,19-23,25-27H,10-11H2/t17-,19-,20+,21-,22+/m1/s1. The summed E-state index contributed by atoms with van der Waals surface area (Å²) in [6, 6.07) is 15.4. The number of hydrogen-bond donors (Lipinski definition) is 4. The van der Waals surface area contributed by atoms with Gasteiger partial charge in [0, 0.05) is 23.1 Å². The molecule has 1 aromatic heterocycles. The van der Waals surface area contributed by atoms with Crippen LogP contribution in [-0.4, -0.2) is 51.4 Å². The van der Waals surface area contributed by atoms with E-state index in [1.807, 2.05) is 30.3 Å². The fourth-order valence-electron chi connectivity index (χ4n) is 3.56. The van der Waals surface area contributed by atoms with Crippen molar-refractivity contribution in [2.45, 2.75) is 37.1 Å². The third kappa shape index (κ3) is 3.96. The second kappa shape index (κ2) is 8.55. The Bertz CT molecular complexity index is 1060. The molecule has 0 amide bonds. The normalized spacial score (nSPS) is 26.6. The first kappa shape index (κ1) is 20.5. The van der Waals surface area contributed by atoms with Crippen LogP contribution < -0.4 is 10.4 Å². The maximum atomic E-state index is 11.6. The lowest BCUT2D eigenvalue weighted by Crippen LogP contribution is -2.55. The zero-order valence-electron chi connectivity index (χ0n) is 15.9. The number of aliphatic hydroxyl groups excluding tert-OH is 4. The molecule has 0 unspecified atom stereocenters. The molecule has 8 nitrogen and oxygen atoms in total. The highest BCUT2D eigenvalue weighted by molar-refractivity contribution is 5.79. The summed E-state index contributed by atoms with van der Waals surface area (Å²) >= 11 is 0. The van der Waals surface area contributed by atoms with Crippen LogP contribution in [0.3, 0.4) is 0 Å². The van der Waals surface area contributed by atoms with Gasteiger partial charge < -0.3 is 34.3 Å². The van der Waals surface area contributed by atoms with Crippen LogP contribution in [0.1, 0.15) is 17.2 Å². The summed E-state index contributed by atoms with van der Waals surface area (Å²) < 4.78 is 16.9. The summed E-state index contributed by atoms with van der Waals surface area (Å²) in [6.07, 6.45) is -6.59. The van der Waals surface area contributed by atoms with Crippen molar-refractivity contribution in [3.63, 3.8) is 0 Å². The minimum atomic E-state index is -1.52. The van der Waals surface area contributed by atoms with Gasteiger partial charge in [-0.3, -0.25) is 0 Å². The number of rotatable bonds is 5. The Labute approximate surface area is 171 Å². The van der Waals surface area contributed by atoms with Gasteiger partial charge in [0.15, 0.2) is 0 Å². The molecule has 4 rings (SSSR count). The molecule has 2 aromatic carbocycles. The van der Waals surface area contributed by atoms with Crippen molar-refractivity contribution < 1.29 is 34.3 Å². The number of fused-ring (bicyclic) bond motifs is 1. The summed E-state index contributed by atoms with van der Waals surface area (Å²) in [4.78, 5) is 11.6. The number of aliphatic hydroxyl groups is 4. The zero-order valence-corrected chi connectivity index (χ0v) is 15.9. The Morgan fingerprint density at radius 2 is 1.70 bits per heavy atom. The molecule has 5 atom stereocenters. The highest BCUT2D eigenvalue weighted by Gasteiger charge is 2.45. The smallest absolute Gasteiger partial charge is 0.336 e. The molecular weight excluding hydrogens is 392 g/mol. The SMILES string of the molecule is O=c1ccc2cc([C@@H]3O[C@H](CO)[C@@H](O)[C@H](O)[C@H]3O)c(OCc3ccccc3)cc2o1. The molecule has 3 aromatic rings. The predicted octanol–water partition coefficient (Wildman–Crippen LogP) is 0.887. The van der Waals surface area contributed by atoms with Crippen LogP contribution in [0.5, 0.6) is 5.75 Å². The monoisotopic (exact) mass is 414 g/mol. The average molecular weight is 414 g/mol. The highest BCUT2D eigenvalue weighted by Crippen LogP contribution is 2.39. The molecule has 158 valence electrons. The van der Waals surface area contributed by atoms with Gasteiger partial charge in [-0.2, -0.15) is 0 Å². The van der Waals surface area contributed by atoms with Gasteiger partial charge in [-0.15, -0.1) is 0 Å². The van der Waals surface area contributed by atoms with Crippen molar-refractivity contribution in [1.82, 2.24) is 0 Å². The fraction of sp³-hybridized carbons (Fsp3) is 0.318. The molecule has 1 fully saturated rings. The molecule has 1 saturated heterocycles. The Hall–Kier alpha value is -2.75. The molecule has 0 bridgehead atoms. The van der Waals surface area contributed by atoms with E-state index in [4.69, 9.17) is 13.9 Å². The molecule has 0 spiro atoms. The summed E-state index contributed by atoms with van der Waals surface area (Å²) in [7, 11) is 0. The third-order valence-electron chi connectivity index (χ3n) is 5.19. The molecule has 0 radical (unpaired) electrons. The Kier molecular flexibility index (Phi) is 5.85. The van der Waals surface area contributed by atoms with Crippen LogP contribution in [0.2, 0.25) is 0 Å². The van der Waals surface area contributed by atoms with Gasteiger partial charge in [0.05, 0.1) is 6.61 Å². The first-order valence-electron chi connectivity index (χ1n) is 9.53. The predicted molar refractivity (Wildman–Crippen MR) is 106 cm³/mol. The summed E-state index contributed by atoms with van der Waals surface area (Å²) in [5.74, 6) is 0.282. The third-order valence-corrected chi connectivity index (χ3v) is 5.19. The highest BCUT2D eigenvalue weighted by atomic mass is 16.5. The Morgan fingerprint density at radius 3 is 2.43 bits per heavy atom. The van der Waals surface area contributed by atoms with E-state index in [-0.39, 0.29) is 12.4 Å². The Morgan fingerprint density at radius 1 is 0.933 bits per heavy atom. The molecule has 0 saturated carbocycles. The molecule has 1 aliphatic heterocycles. The maximum absolute atomic E-state index is 11.6. The maximum Gasteiger partial charge on any atom is 0.336 e. The van der Waals surface area contributed by atoms with Crippen LogP contribution >= 0.6 is 0 Å². The summed E-state index contributed by atoms with van der Waals surface area (Å²) in [6.45, 7) is -0.335. The van der Waals surface area contributed by atoms with E-state index < -0.39 is 42.8 Å². The second-order valence-electron chi connectivity index (χ2n) is 7.21. The van der Waals surface area contributed by atoms with E-state index in [1.54, 1.807) is 12.1 Å². The van der Waals surface area contributed by atoms with Gasteiger partial charge in [0.2, 0.25) is 0 Å². The zero-order chi connectivity index (χ0) is 21.3. The van der Waals surface area contributed by atoms with Crippen molar-refractivity contribution in [2.24, 2.45) is 0 Å². The summed E-state index contributed by atoms with van der Waals surface area (Å²) in [5.41, 5.74) is 1.06. The fourth-order valence-corrected chi connectivity index (χ4v) is 3.56. The van der Waals surface area contributed by atoms with Gasteiger partial charge in [0.1, 0.15) is 48.5 Å². The second-order valence-corrected chi connectivity index (χ2v) is 7.21.